The number of benzene rings is 1. The molecule has 1 aliphatic heterocycles. The van der Waals surface area contributed by atoms with E-state index in [2.05, 4.69) is 4.99 Å². The Morgan fingerprint density at radius 3 is 2.96 bits per heavy atom. The number of ether oxygens (including phenoxy) is 2. The van der Waals surface area contributed by atoms with Crippen LogP contribution in [0.1, 0.15) is 0 Å². The minimum atomic E-state index is -1.16. The predicted octanol–water partition coefficient (Wildman–Crippen LogP) is 1.60. The Hall–Kier alpha value is -3.13. The van der Waals surface area contributed by atoms with Gasteiger partial charge in [-0.25, -0.2) is 14.5 Å². The fraction of sp³-hybridized carbons (Fsp3) is 0.188. The second-order valence-corrected chi connectivity index (χ2v) is 4.99. The lowest BCUT2D eigenvalue weighted by atomic mass is 10.1. The molecule has 2 aliphatic rings. The molecule has 0 saturated heterocycles. The van der Waals surface area contributed by atoms with Crippen molar-refractivity contribution in [2.75, 3.05) is 13.1 Å². The Balaban J connectivity index is 1.80. The number of nitrogens with zero attached hydrogens (tertiary/aromatic N) is 2. The molecule has 0 radical (unpaired) electrons. The van der Waals surface area contributed by atoms with Crippen molar-refractivity contribution in [1.82, 2.24) is 4.90 Å². The van der Waals surface area contributed by atoms with Gasteiger partial charge in [0.1, 0.15) is 5.76 Å². The molecule has 2 bridgehead atoms. The number of aromatic hydroxyl groups is 1. The Morgan fingerprint density at radius 1 is 1.38 bits per heavy atom. The first kappa shape index (κ1) is 15.8. The quantitative estimate of drug-likeness (QED) is 0.809. The number of allylic oxidation sites excluding steroid dienone is 2. The van der Waals surface area contributed by atoms with Gasteiger partial charge in [-0.2, -0.15) is 0 Å². The molecule has 8 heteroatoms. The SMILES string of the molecule is O=C1OC2=CC=CC(=NCCN1C(=O)Oc1ccccc1O)C2O. The van der Waals surface area contributed by atoms with Gasteiger partial charge in [0, 0.05) is 0 Å². The summed E-state index contributed by atoms with van der Waals surface area (Å²) in [6.07, 6.45) is 1.43. The van der Waals surface area contributed by atoms with E-state index in [1.54, 1.807) is 24.3 Å². The smallest absolute Gasteiger partial charge is 0.424 e. The largest absolute Gasteiger partial charge is 0.504 e. The van der Waals surface area contributed by atoms with Gasteiger partial charge < -0.3 is 19.7 Å². The van der Waals surface area contributed by atoms with Gasteiger partial charge in [0.25, 0.3) is 0 Å². The molecule has 1 heterocycles. The van der Waals surface area contributed by atoms with Crippen molar-refractivity contribution in [3.63, 3.8) is 0 Å². The monoisotopic (exact) mass is 330 g/mol. The summed E-state index contributed by atoms with van der Waals surface area (Å²) in [5.41, 5.74) is 0.344. The normalized spacial score (nSPS) is 20.1. The number of aliphatic hydroxyl groups is 1. The molecule has 3 rings (SSSR count). The zero-order valence-electron chi connectivity index (χ0n) is 12.5. The van der Waals surface area contributed by atoms with E-state index in [-0.39, 0.29) is 30.3 Å². The van der Waals surface area contributed by atoms with Crippen LogP contribution in [0.3, 0.4) is 0 Å². The predicted molar refractivity (Wildman–Crippen MR) is 82.8 cm³/mol. The minimum Gasteiger partial charge on any atom is -0.504 e. The summed E-state index contributed by atoms with van der Waals surface area (Å²) in [5.74, 6) is -0.341. The summed E-state index contributed by atoms with van der Waals surface area (Å²) in [7, 11) is 0. The molecule has 1 unspecified atom stereocenters. The Bertz CT molecular complexity index is 768. The Labute approximate surface area is 136 Å². The van der Waals surface area contributed by atoms with Gasteiger partial charge in [-0.3, -0.25) is 4.99 Å². The first-order valence-electron chi connectivity index (χ1n) is 7.16. The molecular formula is C16H14N2O6. The average molecular weight is 330 g/mol. The number of aliphatic imine (C=N–C) groups is 1. The van der Waals surface area contributed by atoms with Crippen LogP contribution >= 0.6 is 0 Å². The molecule has 8 nitrogen and oxygen atoms in total. The molecule has 1 aromatic carbocycles. The summed E-state index contributed by atoms with van der Waals surface area (Å²) >= 11 is 0. The highest BCUT2D eigenvalue weighted by atomic mass is 16.6. The first-order valence-corrected chi connectivity index (χ1v) is 7.16. The number of carbonyl (C=O) groups is 2. The number of para-hydroxylation sites is 2. The van der Waals surface area contributed by atoms with E-state index in [4.69, 9.17) is 9.47 Å². The van der Waals surface area contributed by atoms with Crippen LogP contribution in [0.5, 0.6) is 11.5 Å². The van der Waals surface area contributed by atoms with Crippen LogP contribution in [-0.4, -0.2) is 52.2 Å². The highest BCUT2D eigenvalue weighted by Gasteiger charge is 2.31. The number of phenolic OH excluding ortho intramolecular Hbond substituents is 1. The lowest BCUT2D eigenvalue weighted by Gasteiger charge is -2.20. The Kier molecular flexibility index (Phi) is 4.30. The van der Waals surface area contributed by atoms with E-state index in [0.717, 1.165) is 0 Å². The molecule has 0 spiro atoms. The molecule has 0 fully saturated rings. The van der Waals surface area contributed by atoms with E-state index in [1.807, 2.05) is 0 Å². The second kappa shape index (κ2) is 6.55. The third-order valence-corrected chi connectivity index (χ3v) is 3.40. The van der Waals surface area contributed by atoms with Gasteiger partial charge in [0.05, 0.1) is 18.8 Å². The van der Waals surface area contributed by atoms with Crippen LogP contribution < -0.4 is 4.74 Å². The third kappa shape index (κ3) is 3.13. The summed E-state index contributed by atoms with van der Waals surface area (Å²) in [6.45, 7) is -0.0163. The number of hydrogen-bond donors (Lipinski definition) is 2. The number of fused-ring (bicyclic) bond motifs is 2. The van der Waals surface area contributed by atoms with Crippen molar-refractivity contribution in [3.8, 4) is 11.5 Å². The van der Waals surface area contributed by atoms with Gasteiger partial charge >= 0.3 is 12.2 Å². The number of imide groups is 1. The molecule has 124 valence electrons. The molecular weight excluding hydrogens is 316 g/mol. The lowest BCUT2D eigenvalue weighted by molar-refractivity contribution is 0.103. The number of aliphatic hydroxyl groups excluding tert-OH is 1. The number of carbonyl (C=O) groups excluding carboxylic acids is 2. The fourth-order valence-electron chi connectivity index (χ4n) is 2.18. The van der Waals surface area contributed by atoms with Crippen molar-refractivity contribution in [1.29, 1.82) is 0 Å². The maximum Gasteiger partial charge on any atom is 0.424 e. The van der Waals surface area contributed by atoms with Gasteiger partial charge in [0.2, 0.25) is 0 Å². The van der Waals surface area contributed by atoms with E-state index in [9.17, 15) is 19.8 Å². The summed E-state index contributed by atoms with van der Waals surface area (Å²) < 4.78 is 10.1. The molecule has 0 aromatic heterocycles. The molecule has 2 amide bonds. The van der Waals surface area contributed by atoms with E-state index >= 15 is 0 Å². The van der Waals surface area contributed by atoms with Crippen LogP contribution in [0.2, 0.25) is 0 Å². The van der Waals surface area contributed by atoms with Crippen LogP contribution in [0, 0.1) is 0 Å². The molecule has 1 aromatic rings. The number of hydrogen-bond acceptors (Lipinski definition) is 7. The van der Waals surface area contributed by atoms with Crippen LogP contribution in [-0.2, 0) is 4.74 Å². The molecule has 24 heavy (non-hydrogen) atoms. The molecule has 1 atom stereocenters. The van der Waals surface area contributed by atoms with Crippen molar-refractivity contribution in [3.05, 3.63) is 48.3 Å². The summed E-state index contributed by atoms with van der Waals surface area (Å²) in [5, 5.41) is 19.7. The number of amides is 2. The highest BCUT2D eigenvalue weighted by molar-refractivity contribution is 6.02. The topological polar surface area (TPSA) is 109 Å². The maximum absolute atomic E-state index is 12.2. The van der Waals surface area contributed by atoms with E-state index in [0.29, 0.717) is 10.6 Å². The zero-order valence-corrected chi connectivity index (χ0v) is 12.5. The average Bonchev–Trinajstić information content (AvgIpc) is 2.59. The van der Waals surface area contributed by atoms with Crippen molar-refractivity contribution in [2.24, 2.45) is 4.99 Å². The van der Waals surface area contributed by atoms with Crippen LogP contribution in [0.25, 0.3) is 0 Å². The standard InChI is InChI=1S/C16H14N2O6/c19-11-5-1-2-6-12(11)23-15(21)18-9-8-17-10-4-3-7-13(14(10)20)24-16(18)22/h1-7,14,19-20H,8-9H2. The van der Waals surface area contributed by atoms with Crippen molar-refractivity contribution in [2.45, 2.75) is 6.10 Å². The molecule has 1 aliphatic carbocycles. The van der Waals surface area contributed by atoms with Crippen LogP contribution in [0.15, 0.2) is 53.2 Å². The van der Waals surface area contributed by atoms with Crippen molar-refractivity contribution >= 4 is 17.9 Å². The second-order valence-electron chi connectivity index (χ2n) is 4.99. The Morgan fingerprint density at radius 2 is 2.17 bits per heavy atom. The fourth-order valence-corrected chi connectivity index (χ4v) is 2.18. The first-order chi connectivity index (χ1) is 11.6. The molecule has 2 N–H and O–H groups in total. The van der Waals surface area contributed by atoms with Gasteiger partial charge in [-0.1, -0.05) is 18.2 Å². The van der Waals surface area contributed by atoms with E-state index in [1.165, 1.54) is 18.2 Å². The lowest BCUT2D eigenvalue weighted by Crippen LogP contribution is -2.41. The highest BCUT2D eigenvalue weighted by Crippen LogP contribution is 2.25. The van der Waals surface area contributed by atoms with Gasteiger partial charge in [-0.05, 0) is 24.3 Å². The third-order valence-electron chi connectivity index (χ3n) is 3.40. The van der Waals surface area contributed by atoms with Gasteiger partial charge in [-0.15, -0.1) is 0 Å². The van der Waals surface area contributed by atoms with Crippen LogP contribution in [0.4, 0.5) is 9.59 Å². The van der Waals surface area contributed by atoms with Crippen molar-refractivity contribution < 1.29 is 29.3 Å². The number of phenols is 1. The zero-order chi connectivity index (χ0) is 17.1. The number of rotatable bonds is 1. The maximum atomic E-state index is 12.2. The summed E-state index contributed by atoms with van der Waals surface area (Å²) in [4.78, 5) is 29.3. The van der Waals surface area contributed by atoms with E-state index < -0.39 is 18.3 Å². The summed E-state index contributed by atoms with van der Waals surface area (Å²) in [6, 6.07) is 5.87. The van der Waals surface area contributed by atoms with Gasteiger partial charge in [0.15, 0.2) is 17.6 Å². The molecule has 0 saturated carbocycles. The minimum absolute atomic E-state index is 0.0245.